The summed E-state index contributed by atoms with van der Waals surface area (Å²) in [5.74, 6) is -0.0223. The Morgan fingerprint density at radius 3 is 2.59 bits per heavy atom. The Hall–Kier alpha value is -2.68. The van der Waals surface area contributed by atoms with Crippen molar-refractivity contribution < 1.29 is 9.36 Å². The molecule has 3 heteroatoms. The molecule has 1 amide bonds. The van der Waals surface area contributed by atoms with Crippen molar-refractivity contribution in [3.05, 3.63) is 72.6 Å². The van der Waals surface area contributed by atoms with Gasteiger partial charge in [-0.25, -0.2) is 0 Å². The lowest BCUT2D eigenvalue weighted by molar-refractivity contribution is -0.704. The number of nitrogens with zero attached hydrogens (tertiary/aromatic N) is 1. The largest absolute Gasteiger partial charge is 0.320 e. The second kappa shape index (κ2) is 5.98. The van der Waals surface area contributed by atoms with E-state index in [1.54, 1.807) is 0 Å². The Kier molecular flexibility index (Phi) is 3.88. The summed E-state index contributed by atoms with van der Waals surface area (Å²) in [5.41, 5.74) is 1.96. The third-order valence-corrected chi connectivity index (χ3v) is 3.82. The summed E-state index contributed by atoms with van der Waals surface area (Å²) in [5, 5.41) is 5.27. The number of aromatic nitrogens is 1. The molecule has 1 aromatic heterocycles. The summed E-state index contributed by atoms with van der Waals surface area (Å²) in [6, 6.07) is 17.7. The summed E-state index contributed by atoms with van der Waals surface area (Å²) in [7, 11) is 0. The van der Waals surface area contributed by atoms with Crippen molar-refractivity contribution in [2.75, 3.05) is 5.32 Å². The van der Waals surface area contributed by atoms with E-state index in [-0.39, 0.29) is 11.9 Å². The molecule has 22 heavy (non-hydrogen) atoms. The van der Waals surface area contributed by atoms with Crippen LogP contribution in [0.1, 0.15) is 18.5 Å². The van der Waals surface area contributed by atoms with Crippen LogP contribution in [-0.2, 0) is 4.79 Å². The number of anilines is 1. The normalized spacial score (nSPS) is 12.1. The third-order valence-electron chi connectivity index (χ3n) is 3.82. The second-order valence-corrected chi connectivity index (χ2v) is 5.56. The van der Waals surface area contributed by atoms with E-state index in [4.69, 9.17) is 0 Å². The molecule has 0 unspecified atom stereocenters. The molecule has 1 heterocycles. The van der Waals surface area contributed by atoms with E-state index in [1.807, 2.05) is 73.3 Å². The van der Waals surface area contributed by atoms with Crippen LogP contribution >= 0.6 is 0 Å². The zero-order valence-electron chi connectivity index (χ0n) is 12.8. The Labute approximate surface area is 130 Å². The van der Waals surface area contributed by atoms with Crippen LogP contribution in [0.15, 0.2) is 67.0 Å². The van der Waals surface area contributed by atoms with Crippen molar-refractivity contribution in [3.8, 4) is 0 Å². The van der Waals surface area contributed by atoms with E-state index in [0.29, 0.717) is 0 Å². The first kappa shape index (κ1) is 14.3. The zero-order chi connectivity index (χ0) is 15.5. The van der Waals surface area contributed by atoms with Gasteiger partial charge in [-0.2, -0.15) is 4.57 Å². The summed E-state index contributed by atoms with van der Waals surface area (Å²) >= 11 is 0. The monoisotopic (exact) mass is 291 g/mol. The smallest absolute Gasteiger partial charge is 0.293 e. The van der Waals surface area contributed by atoms with Crippen LogP contribution in [0.5, 0.6) is 0 Å². The lowest BCUT2D eigenvalue weighted by atomic mass is 10.1. The highest BCUT2D eigenvalue weighted by atomic mass is 16.2. The second-order valence-electron chi connectivity index (χ2n) is 5.56. The van der Waals surface area contributed by atoms with Crippen molar-refractivity contribution in [2.45, 2.75) is 19.9 Å². The first-order chi connectivity index (χ1) is 10.6. The van der Waals surface area contributed by atoms with Gasteiger partial charge < -0.3 is 5.32 Å². The molecule has 0 fully saturated rings. The molecule has 0 spiro atoms. The molecule has 1 atom stereocenters. The summed E-state index contributed by atoms with van der Waals surface area (Å²) in [6.45, 7) is 3.91. The van der Waals surface area contributed by atoms with Crippen molar-refractivity contribution in [1.29, 1.82) is 0 Å². The molecule has 0 radical (unpaired) electrons. The molecule has 0 saturated heterocycles. The maximum absolute atomic E-state index is 12.4. The molecule has 3 rings (SSSR count). The van der Waals surface area contributed by atoms with Crippen LogP contribution in [0.4, 0.5) is 5.69 Å². The minimum absolute atomic E-state index is 0.0223. The number of benzene rings is 2. The van der Waals surface area contributed by atoms with Crippen molar-refractivity contribution in [3.63, 3.8) is 0 Å². The highest BCUT2D eigenvalue weighted by Gasteiger charge is 2.22. The van der Waals surface area contributed by atoms with E-state index in [9.17, 15) is 4.79 Å². The van der Waals surface area contributed by atoms with E-state index < -0.39 is 0 Å². The van der Waals surface area contributed by atoms with Gasteiger partial charge in [0.1, 0.15) is 0 Å². The number of aryl methyl sites for hydroxylation is 1. The molecule has 0 aliphatic rings. The summed E-state index contributed by atoms with van der Waals surface area (Å²) < 4.78 is 1.94. The standard InChI is InChI=1S/C19H18N2O/c1-14-6-5-9-18(12-14)20-19(22)15(2)21-11-10-16-7-3-4-8-17(16)13-21/h3-13,15H,1-2H3/p+1/t15-/m0/s1. The van der Waals surface area contributed by atoms with Crippen LogP contribution in [0.2, 0.25) is 0 Å². The number of carbonyl (C=O) groups excluding carboxylic acids is 1. The Bertz CT molecular complexity index is 826. The van der Waals surface area contributed by atoms with Gasteiger partial charge in [-0.1, -0.05) is 30.3 Å². The van der Waals surface area contributed by atoms with Crippen LogP contribution < -0.4 is 9.88 Å². The number of nitrogens with one attached hydrogen (secondary N) is 1. The molecule has 3 nitrogen and oxygen atoms in total. The predicted octanol–water partition coefficient (Wildman–Crippen LogP) is 3.64. The molecule has 0 bridgehead atoms. The van der Waals surface area contributed by atoms with Gasteiger partial charge in [-0.05, 0) is 36.1 Å². The molecule has 1 N–H and O–H groups in total. The third kappa shape index (κ3) is 2.98. The fourth-order valence-corrected chi connectivity index (χ4v) is 2.50. The summed E-state index contributed by atoms with van der Waals surface area (Å²) in [4.78, 5) is 12.4. The number of carbonyl (C=O) groups is 1. The van der Waals surface area contributed by atoms with Crippen LogP contribution in [0, 0.1) is 6.92 Å². The van der Waals surface area contributed by atoms with Gasteiger partial charge in [0.05, 0.1) is 0 Å². The van der Waals surface area contributed by atoms with E-state index in [0.717, 1.165) is 16.6 Å². The predicted molar refractivity (Wildman–Crippen MR) is 88.7 cm³/mol. The van der Waals surface area contributed by atoms with Crippen molar-refractivity contribution in [2.24, 2.45) is 0 Å². The van der Waals surface area contributed by atoms with Gasteiger partial charge in [-0.15, -0.1) is 0 Å². The lowest BCUT2D eigenvalue weighted by Gasteiger charge is -2.09. The first-order valence-electron chi connectivity index (χ1n) is 7.40. The lowest BCUT2D eigenvalue weighted by Crippen LogP contribution is -2.44. The molecule has 0 aliphatic carbocycles. The van der Waals surface area contributed by atoms with Crippen LogP contribution in [0.3, 0.4) is 0 Å². The highest BCUT2D eigenvalue weighted by molar-refractivity contribution is 5.92. The van der Waals surface area contributed by atoms with Gasteiger partial charge in [0.25, 0.3) is 5.91 Å². The number of amides is 1. The van der Waals surface area contributed by atoms with E-state index >= 15 is 0 Å². The molecule has 110 valence electrons. The number of pyridine rings is 1. The molecule has 0 aliphatic heterocycles. The van der Waals surface area contributed by atoms with Gasteiger partial charge in [0, 0.05) is 24.1 Å². The molecule has 2 aromatic carbocycles. The zero-order valence-corrected chi connectivity index (χ0v) is 12.8. The number of rotatable bonds is 3. The Balaban J connectivity index is 1.82. The van der Waals surface area contributed by atoms with Crippen LogP contribution in [0.25, 0.3) is 10.8 Å². The topological polar surface area (TPSA) is 33.0 Å². The fourth-order valence-electron chi connectivity index (χ4n) is 2.50. The number of hydrogen-bond acceptors (Lipinski definition) is 1. The average molecular weight is 291 g/mol. The van der Waals surface area contributed by atoms with Crippen LogP contribution in [-0.4, -0.2) is 5.91 Å². The fraction of sp³-hybridized carbons (Fsp3) is 0.158. The molecule has 0 saturated carbocycles. The highest BCUT2D eigenvalue weighted by Crippen LogP contribution is 2.13. The van der Waals surface area contributed by atoms with Gasteiger partial charge in [0.15, 0.2) is 12.4 Å². The minimum Gasteiger partial charge on any atom is -0.320 e. The Morgan fingerprint density at radius 2 is 1.82 bits per heavy atom. The van der Waals surface area contributed by atoms with E-state index in [2.05, 4.69) is 17.4 Å². The SMILES string of the molecule is Cc1cccc(NC(=O)[C@H](C)[n+]2ccc3ccccc3c2)c1. The maximum atomic E-state index is 12.4. The van der Waals surface area contributed by atoms with Gasteiger partial charge in [-0.3, -0.25) is 4.79 Å². The first-order valence-corrected chi connectivity index (χ1v) is 7.40. The van der Waals surface area contributed by atoms with Gasteiger partial charge >= 0.3 is 0 Å². The van der Waals surface area contributed by atoms with Crippen molar-refractivity contribution in [1.82, 2.24) is 0 Å². The summed E-state index contributed by atoms with van der Waals surface area (Å²) in [6.07, 6.45) is 3.96. The quantitative estimate of drug-likeness (QED) is 0.734. The maximum Gasteiger partial charge on any atom is 0.293 e. The average Bonchev–Trinajstić information content (AvgIpc) is 2.53. The molecule has 3 aromatic rings. The molecular weight excluding hydrogens is 272 g/mol. The van der Waals surface area contributed by atoms with Gasteiger partial charge in [0.2, 0.25) is 6.04 Å². The Morgan fingerprint density at radius 1 is 1.05 bits per heavy atom. The minimum atomic E-state index is -0.273. The van der Waals surface area contributed by atoms with Crippen molar-refractivity contribution >= 4 is 22.4 Å². The number of fused-ring (bicyclic) bond motifs is 1. The molecular formula is C19H19N2O+. The van der Waals surface area contributed by atoms with E-state index in [1.165, 1.54) is 5.39 Å². The number of hydrogen-bond donors (Lipinski definition) is 1.